The molecule has 0 spiro atoms. The highest BCUT2D eigenvalue weighted by Gasteiger charge is 2.14. The van der Waals surface area contributed by atoms with Crippen molar-refractivity contribution in [3.05, 3.63) is 54.1 Å². The van der Waals surface area contributed by atoms with Crippen LogP contribution in [0.5, 0.6) is 5.88 Å². The minimum Gasteiger partial charge on any atom is -0.481 e. The smallest absolute Gasteiger partial charge is 0.212 e. The maximum Gasteiger partial charge on any atom is 0.212 e. The molecule has 0 aromatic carbocycles. The molecular formula is C18H14ClN5O. The molecule has 25 heavy (non-hydrogen) atoms. The minimum atomic E-state index is 0.442. The van der Waals surface area contributed by atoms with E-state index in [0.29, 0.717) is 11.0 Å². The van der Waals surface area contributed by atoms with Crippen LogP contribution in [0.2, 0.25) is 5.15 Å². The summed E-state index contributed by atoms with van der Waals surface area (Å²) in [6, 6.07) is 9.29. The second kappa shape index (κ2) is 6.14. The zero-order valence-electron chi connectivity index (χ0n) is 13.6. The van der Waals surface area contributed by atoms with Gasteiger partial charge in [-0.3, -0.25) is 9.67 Å². The first-order valence-electron chi connectivity index (χ1n) is 7.61. The molecule has 0 bridgehead atoms. The van der Waals surface area contributed by atoms with E-state index in [1.807, 2.05) is 43.7 Å². The average molecular weight is 352 g/mol. The molecule has 0 aliphatic carbocycles. The Kier molecular flexibility index (Phi) is 3.82. The molecule has 0 fully saturated rings. The van der Waals surface area contributed by atoms with Gasteiger partial charge in [0.2, 0.25) is 5.88 Å². The number of nitrogens with zero attached hydrogens (tertiary/aromatic N) is 5. The molecule has 6 nitrogen and oxygen atoms in total. The summed E-state index contributed by atoms with van der Waals surface area (Å²) in [6.07, 6.45) is 5.51. The number of halogens is 1. The summed E-state index contributed by atoms with van der Waals surface area (Å²) in [5, 5.41) is 5.01. The first-order chi connectivity index (χ1) is 12.1. The van der Waals surface area contributed by atoms with Crippen LogP contribution in [0.3, 0.4) is 0 Å². The lowest BCUT2D eigenvalue weighted by molar-refractivity contribution is 0.398. The summed E-state index contributed by atoms with van der Waals surface area (Å²) in [5.41, 5.74) is 5.13. The second-order valence-electron chi connectivity index (χ2n) is 5.55. The van der Waals surface area contributed by atoms with E-state index in [4.69, 9.17) is 16.3 Å². The Morgan fingerprint density at radius 2 is 1.84 bits per heavy atom. The summed E-state index contributed by atoms with van der Waals surface area (Å²) in [7, 11) is 3.47. The highest BCUT2D eigenvalue weighted by Crippen LogP contribution is 2.32. The molecule has 0 aliphatic heterocycles. The fourth-order valence-electron chi connectivity index (χ4n) is 2.68. The maximum absolute atomic E-state index is 6.00. The number of aryl methyl sites for hydroxylation is 1. The van der Waals surface area contributed by atoms with Crippen LogP contribution in [0.15, 0.2) is 48.9 Å². The van der Waals surface area contributed by atoms with Crippen molar-refractivity contribution in [2.45, 2.75) is 0 Å². The monoisotopic (exact) mass is 351 g/mol. The summed E-state index contributed by atoms with van der Waals surface area (Å²) in [4.78, 5) is 13.1. The SMILES string of the molecule is COc1ccc(-c2nn(C)cc2-c2cnc3ccc(Cl)nc3c2)cn1. The summed E-state index contributed by atoms with van der Waals surface area (Å²) in [6.45, 7) is 0. The van der Waals surface area contributed by atoms with Gasteiger partial charge in [-0.05, 0) is 24.3 Å². The van der Waals surface area contributed by atoms with E-state index in [2.05, 4.69) is 20.1 Å². The second-order valence-corrected chi connectivity index (χ2v) is 5.94. The predicted molar refractivity (Wildman–Crippen MR) is 96.5 cm³/mol. The molecule has 4 aromatic heterocycles. The number of rotatable bonds is 3. The van der Waals surface area contributed by atoms with Crippen LogP contribution in [-0.4, -0.2) is 31.8 Å². The Labute approximate surface area is 149 Å². The normalized spacial score (nSPS) is 11.0. The summed E-state index contributed by atoms with van der Waals surface area (Å²) < 4.78 is 6.89. The topological polar surface area (TPSA) is 65.7 Å². The van der Waals surface area contributed by atoms with Crippen molar-refractivity contribution in [2.24, 2.45) is 7.05 Å². The van der Waals surface area contributed by atoms with Gasteiger partial charge in [0.05, 0.1) is 18.1 Å². The molecule has 0 radical (unpaired) electrons. The van der Waals surface area contributed by atoms with Crippen LogP contribution in [0.25, 0.3) is 33.4 Å². The summed E-state index contributed by atoms with van der Waals surface area (Å²) in [5.74, 6) is 0.562. The van der Waals surface area contributed by atoms with Gasteiger partial charge in [0, 0.05) is 48.4 Å². The molecule has 4 rings (SSSR count). The molecule has 0 N–H and O–H groups in total. The quantitative estimate of drug-likeness (QED) is 0.526. The number of fused-ring (bicyclic) bond motifs is 1. The molecule has 0 aliphatic rings. The van der Waals surface area contributed by atoms with Crippen molar-refractivity contribution in [1.82, 2.24) is 24.7 Å². The minimum absolute atomic E-state index is 0.442. The Bertz CT molecular complexity index is 1060. The van der Waals surface area contributed by atoms with E-state index in [1.165, 1.54) is 0 Å². The van der Waals surface area contributed by atoms with Gasteiger partial charge >= 0.3 is 0 Å². The Morgan fingerprint density at radius 1 is 1.00 bits per heavy atom. The van der Waals surface area contributed by atoms with Gasteiger partial charge in [-0.2, -0.15) is 5.10 Å². The Balaban J connectivity index is 1.85. The lowest BCUT2D eigenvalue weighted by Crippen LogP contribution is -1.91. The van der Waals surface area contributed by atoms with Crippen molar-refractivity contribution < 1.29 is 4.74 Å². The highest BCUT2D eigenvalue weighted by molar-refractivity contribution is 6.29. The average Bonchev–Trinajstić information content (AvgIpc) is 3.03. The third-order valence-electron chi connectivity index (χ3n) is 3.86. The number of aromatic nitrogens is 5. The van der Waals surface area contributed by atoms with Crippen molar-refractivity contribution in [3.8, 4) is 28.3 Å². The Morgan fingerprint density at radius 3 is 2.60 bits per heavy atom. The van der Waals surface area contributed by atoms with Crippen LogP contribution in [0.1, 0.15) is 0 Å². The largest absolute Gasteiger partial charge is 0.481 e. The predicted octanol–water partition coefficient (Wildman–Crippen LogP) is 3.75. The zero-order valence-corrected chi connectivity index (χ0v) is 14.4. The third kappa shape index (κ3) is 2.92. The molecule has 124 valence electrons. The number of pyridine rings is 3. The standard InChI is InChI=1S/C18H14ClN5O/c1-24-10-13(18(23-24)11-3-6-17(25-2)21-8-11)12-7-15-14(20-9-12)4-5-16(19)22-15/h3-10H,1-2H3. The molecule has 4 aromatic rings. The first kappa shape index (κ1) is 15.5. The van der Waals surface area contributed by atoms with Crippen LogP contribution in [0.4, 0.5) is 0 Å². The van der Waals surface area contributed by atoms with E-state index in [1.54, 1.807) is 24.1 Å². The van der Waals surface area contributed by atoms with E-state index >= 15 is 0 Å². The van der Waals surface area contributed by atoms with Crippen LogP contribution < -0.4 is 4.74 Å². The van der Waals surface area contributed by atoms with Gasteiger partial charge in [-0.15, -0.1) is 0 Å². The molecule has 0 atom stereocenters. The number of hydrogen-bond acceptors (Lipinski definition) is 5. The number of hydrogen-bond donors (Lipinski definition) is 0. The van der Waals surface area contributed by atoms with Crippen molar-refractivity contribution in [3.63, 3.8) is 0 Å². The lowest BCUT2D eigenvalue weighted by Gasteiger charge is -2.05. The van der Waals surface area contributed by atoms with E-state index in [-0.39, 0.29) is 0 Å². The Hall–Kier alpha value is -2.99. The molecule has 7 heteroatoms. The van der Waals surface area contributed by atoms with Gasteiger partial charge in [0.15, 0.2) is 0 Å². The lowest BCUT2D eigenvalue weighted by atomic mass is 10.0. The van der Waals surface area contributed by atoms with Crippen molar-refractivity contribution in [2.75, 3.05) is 7.11 Å². The molecule has 4 heterocycles. The first-order valence-corrected chi connectivity index (χ1v) is 7.98. The molecular weight excluding hydrogens is 338 g/mol. The highest BCUT2D eigenvalue weighted by atomic mass is 35.5. The third-order valence-corrected chi connectivity index (χ3v) is 4.07. The maximum atomic E-state index is 6.00. The van der Waals surface area contributed by atoms with Gasteiger partial charge in [0.1, 0.15) is 10.8 Å². The van der Waals surface area contributed by atoms with Gasteiger partial charge in [-0.25, -0.2) is 9.97 Å². The van der Waals surface area contributed by atoms with Crippen molar-refractivity contribution in [1.29, 1.82) is 0 Å². The molecule has 0 amide bonds. The van der Waals surface area contributed by atoms with E-state index in [0.717, 1.165) is 33.4 Å². The molecule has 0 unspecified atom stereocenters. The fourth-order valence-corrected chi connectivity index (χ4v) is 2.84. The molecule has 0 saturated carbocycles. The number of methoxy groups -OCH3 is 1. The zero-order chi connectivity index (χ0) is 17.4. The van der Waals surface area contributed by atoms with E-state index in [9.17, 15) is 0 Å². The van der Waals surface area contributed by atoms with Crippen LogP contribution in [0, 0.1) is 0 Å². The van der Waals surface area contributed by atoms with Crippen LogP contribution >= 0.6 is 11.6 Å². The fraction of sp³-hybridized carbons (Fsp3) is 0.111. The van der Waals surface area contributed by atoms with Gasteiger partial charge in [-0.1, -0.05) is 11.6 Å². The molecule has 0 saturated heterocycles. The van der Waals surface area contributed by atoms with Crippen molar-refractivity contribution >= 4 is 22.6 Å². The van der Waals surface area contributed by atoms with Gasteiger partial charge in [0.25, 0.3) is 0 Å². The number of ether oxygens (including phenoxy) is 1. The summed E-state index contributed by atoms with van der Waals surface area (Å²) >= 11 is 6.00. The van der Waals surface area contributed by atoms with Crippen LogP contribution in [-0.2, 0) is 7.05 Å². The van der Waals surface area contributed by atoms with E-state index < -0.39 is 0 Å². The van der Waals surface area contributed by atoms with Gasteiger partial charge < -0.3 is 4.74 Å².